The number of aryl methyl sites for hydroxylation is 1. The highest BCUT2D eigenvalue weighted by molar-refractivity contribution is 6.01. The van der Waals surface area contributed by atoms with Crippen molar-refractivity contribution in [1.82, 2.24) is 9.55 Å². The Morgan fingerprint density at radius 2 is 2.11 bits per heavy atom. The lowest BCUT2D eigenvalue weighted by Gasteiger charge is -2.23. The molecule has 2 N–H and O–H groups in total. The van der Waals surface area contributed by atoms with Gasteiger partial charge in [0.1, 0.15) is 5.82 Å². The molecule has 0 aliphatic rings. The van der Waals surface area contributed by atoms with Gasteiger partial charge in [-0.2, -0.15) is 0 Å². The number of fused-ring (bicyclic) bond motifs is 1. The Labute approximate surface area is 111 Å². The maximum atomic E-state index is 11.3. The average Bonchev–Trinajstić information content (AvgIpc) is 2.65. The van der Waals surface area contributed by atoms with Crippen molar-refractivity contribution in [1.29, 1.82) is 0 Å². The van der Waals surface area contributed by atoms with Crippen molar-refractivity contribution in [3.05, 3.63) is 29.6 Å². The van der Waals surface area contributed by atoms with Gasteiger partial charge in [0.05, 0.1) is 16.6 Å². The van der Waals surface area contributed by atoms with Gasteiger partial charge in [-0.3, -0.25) is 0 Å². The number of benzene rings is 1. The first-order valence-electron chi connectivity index (χ1n) is 6.16. The van der Waals surface area contributed by atoms with Gasteiger partial charge in [0.2, 0.25) is 0 Å². The third-order valence-corrected chi connectivity index (χ3v) is 3.20. The fourth-order valence-electron chi connectivity index (χ4n) is 2.15. The fraction of sp³-hybridized carbons (Fsp3) is 0.429. The van der Waals surface area contributed by atoms with Gasteiger partial charge in [-0.1, -0.05) is 19.9 Å². The van der Waals surface area contributed by atoms with E-state index in [0.29, 0.717) is 17.6 Å². The largest absolute Gasteiger partial charge is 0.478 e. The van der Waals surface area contributed by atoms with Crippen LogP contribution in [-0.2, 0) is 6.54 Å². The van der Waals surface area contributed by atoms with E-state index in [4.69, 9.17) is 0 Å². The Bertz CT molecular complexity index is 629. The molecule has 5 nitrogen and oxygen atoms in total. The number of aliphatic hydroxyl groups excluding tert-OH is 1. The average molecular weight is 262 g/mol. The SMILES string of the molecule is Cc1nc2cccc(C(=O)O)c2n1CC(C)(C)CO. The van der Waals surface area contributed by atoms with Crippen LogP contribution in [0.25, 0.3) is 11.0 Å². The molecule has 5 heteroatoms. The fourth-order valence-corrected chi connectivity index (χ4v) is 2.15. The topological polar surface area (TPSA) is 75.3 Å². The second kappa shape index (κ2) is 4.66. The van der Waals surface area contributed by atoms with Gasteiger partial charge in [-0.25, -0.2) is 9.78 Å². The molecule has 2 aromatic rings. The molecule has 1 aromatic carbocycles. The third kappa shape index (κ3) is 2.46. The number of para-hydroxylation sites is 1. The van der Waals surface area contributed by atoms with Gasteiger partial charge >= 0.3 is 5.97 Å². The molecule has 0 aliphatic carbocycles. The van der Waals surface area contributed by atoms with Crippen molar-refractivity contribution in [3.8, 4) is 0 Å². The molecule has 0 amide bonds. The van der Waals surface area contributed by atoms with Crippen molar-refractivity contribution in [2.75, 3.05) is 6.61 Å². The summed E-state index contributed by atoms with van der Waals surface area (Å²) < 4.78 is 1.87. The van der Waals surface area contributed by atoms with Crippen LogP contribution in [-0.4, -0.2) is 32.3 Å². The summed E-state index contributed by atoms with van der Waals surface area (Å²) in [5.41, 5.74) is 1.20. The number of nitrogens with zero attached hydrogens (tertiary/aromatic N) is 2. The standard InChI is InChI=1S/C14H18N2O3/c1-9-15-11-6-4-5-10(13(18)19)12(11)16(9)7-14(2,3)8-17/h4-6,17H,7-8H2,1-3H3,(H,18,19). The number of hydrogen-bond donors (Lipinski definition) is 2. The second-order valence-corrected chi connectivity index (χ2v) is 5.55. The van der Waals surface area contributed by atoms with Gasteiger partial charge < -0.3 is 14.8 Å². The number of aliphatic hydroxyl groups is 1. The summed E-state index contributed by atoms with van der Waals surface area (Å²) in [5, 5.41) is 18.7. The molecular weight excluding hydrogens is 244 g/mol. The highest BCUT2D eigenvalue weighted by Gasteiger charge is 2.22. The summed E-state index contributed by atoms with van der Waals surface area (Å²) in [7, 11) is 0. The Morgan fingerprint density at radius 3 is 2.68 bits per heavy atom. The van der Waals surface area contributed by atoms with Crippen LogP contribution in [0.15, 0.2) is 18.2 Å². The van der Waals surface area contributed by atoms with Crippen molar-refractivity contribution >= 4 is 17.0 Å². The molecule has 1 heterocycles. The molecule has 0 unspecified atom stereocenters. The molecule has 0 saturated heterocycles. The molecule has 2 rings (SSSR count). The van der Waals surface area contributed by atoms with E-state index in [0.717, 1.165) is 5.82 Å². The van der Waals surface area contributed by atoms with Crippen LogP contribution in [0.2, 0.25) is 0 Å². The lowest BCUT2D eigenvalue weighted by molar-refractivity contribution is 0.0698. The maximum Gasteiger partial charge on any atom is 0.337 e. The van der Waals surface area contributed by atoms with E-state index in [9.17, 15) is 15.0 Å². The number of rotatable bonds is 4. The van der Waals surface area contributed by atoms with E-state index in [1.54, 1.807) is 18.2 Å². The number of aromatic carboxylic acids is 1. The van der Waals surface area contributed by atoms with Gasteiger partial charge in [-0.15, -0.1) is 0 Å². The Kier molecular flexibility index (Phi) is 3.32. The molecule has 102 valence electrons. The quantitative estimate of drug-likeness (QED) is 0.884. The number of hydrogen-bond acceptors (Lipinski definition) is 3. The van der Waals surface area contributed by atoms with Crippen molar-refractivity contribution in [3.63, 3.8) is 0 Å². The lowest BCUT2D eigenvalue weighted by atomic mass is 9.94. The summed E-state index contributed by atoms with van der Waals surface area (Å²) >= 11 is 0. The minimum atomic E-state index is -0.964. The molecule has 19 heavy (non-hydrogen) atoms. The van der Waals surface area contributed by atoms with Crippen LogP contribution in [0.3, 0.4) is 0 Å². The summed E-state index contributed by atoms with van der Waals surface area (Å²) in [6, 6.07) is 5.07. The first-order chi connectivity index (χ1) is 8.85. The van der Waals surface area contributed by atoms with E-state index in [1.807, 2.05) is 25.3 Å². The van der Waals surface area contributed by atoms with E-state index in [-0.39, 0.29) is 17.6 Å². The minimum Gasteiger partial charge on any atom is -0.478 e. The zero-order valence-electron chi connectivity index (χ0n) is 11.3. The van der Waals surface area contributed by atoms with Gasteiger partial charge in [0.15, 0.2) is 0 Å². The van der Waals surface area contributed by atoms with E-state index < -0.39 is 5.97 Å². The second-order valence-electron chi connectivity index (χ2n) is 5.55. The zero-order valence-corrected chi connectivity index (χ0v) is 11.3. The molecule has 0 radical (unpaired) electrons. The minimum absolute atomic E-state index is 0.0291. The predicted octanol–water partition coefficient (Wildman–Crippen LogP) is 2.06. The molecule has 1 aromatic heterocycles. The smallest absolute Gasteiger partial charge is 0.337 e. The first kappa shape index (κ1) is 13.5. The lowest BCUT2D eigenvalue weighted by Crippen LogP contribution is -2.24. The van der Waals surface area contributed by atoms with Crippen LogP contribution in [0.4, 0.5) is 0 Å². The summed E-state index contributed by atoms with van der Waals surface area (Å²) in [6.45, 7) is 6.26. The summed E-state index contributed by atoms with van der Waals surface area (Å²) in [5.74, 6) is -0.209. The Balaban J connectivity index is 2.66. The molecule has 0 saturated carbocycles. The number of carbonyl (C=O) groups is 1. The van der Waals surface area contributed by atoms with Crippen LogP contribution in [0, 0.1) is 12.3 Å². The van der Waals surface area contributed by atoms with E-state index in [1.165, 1.54) is 0 Å². The van der Waals surface area contributed by atoms with Crippen molar-refractivity contribution in [2.24, 2.45) is 5.41 Å². The highest BCUT2D eigenvalue weighted by Crippen LogP contribution is 2.25. The number of carboxylic acids is 1. The normalized spacial score (nSPS) is 12.0. The summed E-state index contributed by atoms with van der Waals surface area (Å²) in [6.07, 6.45) is 0. The summed E-state index contributed by atoms with van der Waals surface area (Å²) in [4.78, 5) is 15.7. The van der Waals surface area contributed by atoms with Crippen molar-refractivity contribution < 1.29 is 15.0 Å². The van der Waals surface area contributed by atoms with Crippen LogP contribution in [0.1, 0.15) is 30.0 Å². The highest BCUT2D eigenvalue weighted by atomic mass is 16.4. The monoisotopic (exact) mass is 262 g/mol. The first-order valence-corrected chi connectivity index (χ1v) is 6.16. The molecule has 0 aliphatic heterocycles. The van der Waals surface area contributed by atoms with Crippen molar-refractivity contribution in [2.45, 2.75) is 27.3 Å². The Hall–Kier alpha value is -1.88. The van der Waals surface area contributed by atoms with E-state index in [2.05, 4.69) is 4.98 Å². The van der Waals surface area contributed by atoms with Gasteiger partial charge in [0, 0.05) is 18.6 Å². The van der Waals surface area contributed by atoms with Crippen LogP contribution < -0.4 is 0 Å². The van der Waals surface area contributed by atoms with Gasteiger partial charge in [-0.05, 0) is 19.1 Å². The molecule has 0 spiro atoms. The molecule has 0 bridgehead atoms. The molecule has 0 atom stereocenters. The van der Waals surface area contributed by atoms with Crippen LogP contribution in [0.5, 0.6) is 0 Å². The Morgan fingerprint density at radius 1 is 1.42 bits per heavy atom. The number of aromatic nitrogens is 2. The van der Waals surface area contributed by atoms with Crippen LogP contribution >= 0.6 is 0 Å². The zero-order chi connectivity index (χ0) is 14.2. The molecule has 0 fully saturated rings. The third-order valence-electron chi connectivity index (χ3n) is 3.20. The maximum absolute atomic E-state index is 11.3. The number of carboxylic acid groups (broad SMARTS) is 1. The van der Waals surface area contributed by atoms with E-state index >= 15 is 0 Å². The predicted molar refractivity (Wildman–Crippen MR) is 72.3 cm³/mol. The number of imidazole rings is 1. The molecular formula is C14H18N2O3. The van der Waals surface area contributed by atoms with Gasteiger partial charge in [0.25, 0.3) is 0 Å².